The number of carbonyl (C=O) groups excluding carboxylic acids is 1. The monoisotopic (exact) mass is 290 g/mol. The topological polar surface area (TPSA) is 118 Å². The Kier molecular flexibility index (Phi) is 4.60. The molecule has 0 atom stereocenters. The number of amides is 1. The van der Waals surface area contributed by atoms with E-state index in [0.29, 0.717) is 36.7 Å². The minimum Gasteiger partial charge on any atom is -0.477 e. The third-order valence-corrected chi connectivity index (χ3v) is 2.67. The Morgan fingerprint density at radius 1 is 1.38 bits per heavy atom. The number of pyridine rings is 1. The van der Waals surface area contributed by atoms with Gasteiger partial charge in [-0.05, 0) is 25.5 Å². The maximum absolute atomic E-state index is 11.8. The molecular formula is C13H14N4O4. The fraction of sp³-hybridized carbons (Fsp3) is 0.308. The average molecular weight is 290 g/mol. The van der Waals surface area contributed by atoms with E-state index in [9.17, 15) is 9.59 Å². The van der Waals surface area contributed by atoms with Gasteiger partial charge in [0.2, 0.25) is 5.89 Å². The van der Waals surface area contributed by atoms with Crippen LogP contribution in [-0.4, -0.2) is 38.7 Å². The van der Waals surface area contributed by atoms with Crippen LogP contribution < -0.4 is 5.32 Å². The molecule has 0 aromatic carbocycles. The fourth-order valence-electron chi connectivity index (χ4n) is 1.64. The van der Waals surface area contributed by atoms with Crippen LogP contribution in [0.4, 0.5) is 0 Å². The smallest absolute Gasteiger partial charge is 0.354 e. The van der Waals surface area contributed by atoms with Crippen LogP contribution in [0.2, 0.25) is 0 Å². The van der Waals surface area contributed by atoms with Crippen molar-refractivity contribution in [2.75, 3.05) is 6.54 Å². The summed E-state index contributed by atoms with van der Waals surface area (Å²) in [6.45, 7) is 2.18. The molecule has 0 bridgehead atoms. The molecule has 2 heterocycles. The van der Waals surface area contributed by atoms with Gasteiger partial charge in [0.15, 0.2) is 5.82 Å². The summed E-state index contributed by atoms with van der Waals surface area (Å²) in [6, 6.07) is 2.71. The molecule has 8 nitrogen and oxygen atoms in total. The minimum absolute atomic E-state index is 0.0988. The molecule has 21 heavy (non-hydrogen) atoms. The van der Waals surface area contributed by atoms with E-state index in [1.54, 1.807) is 6.92 Å². The highest BCUT2D eigenvalue weighted by molar-refractivity contribution is 5.94. The maximum Gasteiger partial charge on any atom is 0.354 e. The van der Waals surface area contributed by atoms with Crippen molar-refractivity contribution in [3.63, 3.8) is 0 Å². The molecule has 0 spiro atoms. The first-order chi connectivity index (χ1) is 10.1. The molecule has 1 amide bonds. The van der Waals surface area contributed by atoms with E-state index in [4.69, 9.17) is 9.63 Å². The number of hydrogen-bond acceptors (Lipinski definition) is 6. The van der Waals surface area contributed by atoms with Gasteiger partial charge in [0.1, 0.15) is 5.69 Å². The van der Waals surface area contributed by atoms with Gasteiger partial charge in [-0.2, -0.15) is 4.98 Å². The number of hydrogen-bond donors (Lipinski definition) is 2. The van der Waals surface area contributed by atoms with Crippen molar-refractivity contribution in [2.24, 2.45) is 0 Å². The number of aromatic nitrogens is 3. The molecule has 0 aliphatic carbocycles. The van der Waals surface area contributed by atoms with Gasteiger partial charge in [-0.25, -0.2) is 9.78 Å². The van der Waals surface area contributed by atoms with Crippen molar-refractivity contribution in [2.45, 2.75) is 19.8 Å². The van der Waals surface area contributed by atoms with Gasteiger partial charge in [-0.15, -0.1) is 0 Å². The first-order valence-corrected chi connectivity index (χ1v) is 6.33. The van der Waals surface area contributed by atoms with Crippen LogP contribution in [0.3, 0.4) is 0 Å². The van der Waals surface area contributed by atoms with Crippen LogP contribution in [0.25, 0.3) is 0 Å². The molecule has 2 aromatic rings. The average Bonchev–Trinajstić information content (AvgIpc) is 2.89. The molecule has 0 saturated carbocycles. The molecule has 0 aliphatic heterocycles. The summed E-state index contributed by atoms with van der Waals surface area (Å²) < 4.78 is 4.95. The van der Waals surface area contributed by atoms with Crippen molar-refractivity contribution in [3.8, 4) is 0 Å². The van der Waals surface area contributed by atoms with Gasteiger partial charge in [0.05, 0.1) is 5.56 Å². The second-order valence-corrected chi connectivity index (χ2v) is 4.33. The third-order valence-electron chi connectivity index (χ3n) is 2.67. The second-order valence-electron chi connectivity index (χ2n) is 4.33. The Bertz CT molecular complexity index is 636. The number of nitrogens with zero attached hydrogens (tertiary/aromatic N) is 3. The van der Waals surface area contributed by atoms with Crippen molar-refractivity contribution < 1.29 is 19.2 Å². The maximum atomic E-state index is 11.8. The molecule has 110 valence electrons. The van der Waals surface area contributed by atoms with Crippen molar-refractivity contribution in [1.82, 2.24) is 20.4 Å². The summed E-state index contributed by atoms with van der Waals surface area (Å²) in [5.41, 5.74) is 0.215. The summed E-state index contributed by atoms with van der Waals surface area (Å²) in [5, 5.41) is 15.1. The van der Waals surface area contributed by atoms with E-state index >= 15 is 0 Å². The number of carboxylic acid groups (broad SMARTS) is 1. The van der Waals surface area contributed by atoms with Gasteiger partial charge in [-0.3, -0.25) is 4.79 Å². The Balaban J connectivity index is 1.77. The lowest BCUT2D eigenvalue weighted by molar-refractivity contribution is 0.0689. The Morgan fingerprint density at radius 2 is 2.19 bits per heavy atom. The van der Waals surface area contributed by atoms with E-state index in [-0.39, 0.29) is 11.6 Å². The highest BCUT2D eigenvalue weighted by atomic mass is 16.5. The van der Waals surface area contributed by atoms with Gasteiger partial charge >= 0.3 is 5.97 Å². The number of carbonyl (C=O) groups is 2. The summed E-state index contributed by atoms with van der Waals surface area (Å²) in [6.07, 6.45) is 2.48. The normalized spacial score (nSPS) is 10.3. The predicted octanol–water partition coefficient (Wildman–Crippen LogP) is 0.834. The highest BCUT2D eigenvalue weighted by Crippen LogP contribution is 2.02. The molecule has 2 rings (SSSR count). The van der Waals surface area contributed by atoms with E-state index in [2.05, 4.69) is 20.4 Å². The largest absolute Gasteiger partial charge is 0.477 e. The van der Waals surface area contributed by atoms with Crippen LogP contribution in [0.1, 0.15) is 39.0 Å². The van der Waals surface area contributed by atoms with Gasteiger partial charge in [0.25, 0.3) is 5.91 Å². The molecule has 0 radical (unpaired) electrons. The van der Waals surface area contributed by atoms with E-state index in [1.165, 1.54) is 18.3 Å². The lowest BCUT2D eigenvalue weighted by Crippen LogP contribution is -2.25. The first kappa shape index (κ1) is 14.6. The Labute approximate surface area is 120 Å². The summed E-state index contributed by atoms with van der Waals surface area (Å²) in [4.78, 5) is 30.2. The number of rotatable bonds is 6. The molecule has 8 heteroatoms. The van der Waals surface area contributed by atoms with Crippen LogP contribution >= 0.6 is 0 Å². The molecular weight excluding hydrogens is 276 g/mol. The number of aryl methyl sites for hydroxylation is 2. The first-order valence-electron chi connectivity index (χ1n) is 6.33. The molecule has 0 unspecified atom stereocenters. The van der Waals surface area contributed by atoms with E-state index < -0.39 is 5.97 Å². The number of aromatic carboxylic acids is 1. The lowest BCUT2D eigenvalue weighted by atomic mass is 10.2. The van der Waals surface area contributed by atoms with Crippen molar-refractivity contribution >= 4 is 11.9 Å². The lowest BCUT2D eigenvalue weighted by Gasteiger charge is -2.04. The number of carboxylic acids is 1. The van der Waals surface area contributed by atoms with E-state index in [0.717, 1.165) is 0 Å². The minimum atomic E-state index is -1.13. The van der Waals surface area contributed by atoms with Crippen molar-refractivity contribution in [1.29, 1.82) is 0 Å². The standard InChI is InChI=1S/C13H14N4O4/c1-8-16-11(21-17-8)3-2-6-14-12(18)9-4-5-10(13(19)20)15-7-9/h4-5,7H,2-3,6H2,1H3,(H,14,18)(H,19,20). The van der Waals surface area contributed by atoms with Crippen LogP contribution in [0, 0.1) is 6.92 Å². The predicted molar refractivity (Wildman–Crippen MR) is 70.9 cm³/mol. The number of nitrogens with one attached hydrogen (secondary N) is 1. The van der Waals surface area contributed by atoms with Gasteiger partial charge in [-0.1, -0.05) is 5.16 Å². The summed E-state index contributed by atoms with van der Waals surface area (Å²) in [7, 11) is 0. The molecule has 0 fully saturated rings. The third kappa shape index (κ3) is 4.10. The second kappa shape index (κ2) is 6.60. The molecule has 2 N–H and O–H groups in total. The zero-order valence-corrected chi connectivity index (χ0v) is 11.4. The SMILES string of the molecule is Cc1noc(CCCNC(=O)c2ccc(C(=O)O)nc2)n1. The van der Waals surface area contributed by atoms with Crippen LogP contribution in [-0.2, 0) is 6.42 Å². The summed E-state index contributed by atoms with van der Waals surface area (Å²) >= 11 is 0. The molecule has 0 aliphatic rings. The fourth-order valence-corrected chi connectivity index (χ4v) is 1.64. The Morgan fingerprint density at radius 3 is 2.76 bits per heavy atom. The summed E-state index contributed by atoms with van der Waals surface area (Å²) in [5.74, 6) is -0.314. The van der Waals surface area contributed by atoms with Gasteiger partial charge in [0, 0.05) is 19.2 Å². The highest BCUT2D eigenvalue weighted by Gasteiger charge is 2.09. The zero-order chi connectivity index (χ0) is 15.2. The molecule has 2 aromatic heterocycles. The van der Waals surface area contributed by atoms with Crippen LogP contribution in [0.5, 0.6) is 0 Å². The van der Waals surface area contributed by atoms with E-state index in [1.807, 2.05) is 0 Å². The quantitative estimate of drug-likeness (QED) is 0.756. The van der Waals surface area contributed by atoms with Crippen molar-refractivity contribution in [3.05, 3.63) is 41.3 Å². The Hall–Kier alpha value is -2.77. The zero-order valence-electron chi connectivity index (χ0n) is 11.4. The molecule has 0 saturated heterocycles. The van der Waals surface area contributed by atoms with Crippen LogP contribution in [0.15, 0.2) is 22.9 Å². The van der Waals surface area contributed by atoms with Gasteiger partial charge < -0.3 is 14.9 Å².